The highest BCUT2D eigenvalue weighted by Gasteiger charge is 2.19. The largest absolute Gasteiger partial charge is 0.356 e. The number of fused-ring (bicyclic) bond motifs is 1. The molecule has 0 spiro atoms. The highest BCUT2D eigenvalue weighted by Crippen LogP contribution is 2.20. The standard InChI is InChI=1S/C20H21N9O2/c1-26-18(30)12-17(22-20(26)31)28-9-3-8-27(10-11-28)16-6-5-15-23-24-19(29(15)25-16)14-4-2-7-21-13-14/h2,4-7,12-13H,3,8-11H2,1H3,(H,22,31). The molecule has 4 aromatic heterocycles. The van der Waals surface area contributed by atoms with E-state index in [1.54, 1.807) is 16.9 Å². The molecular weight excluding hydrogens is 398 g/mol. The molecule has 1 saturated heterocycles. The van der Waals surface area contributed by atoms with Crippen molar-refractivity contribution in [1.29, 1.82) is 0 Å². The predicted molar refractivity (Wildman–Crippen MR) is 115 cm³/mol. The van der Waals surface area contributed by atoms with E-state index in [9.17, 15) is 9.59 Å². The van der Waals surface area contributed by atoms with Crippen molar-refractivity contribution < 1.29 is 0 Å². The van der Waals surface area contributed by atoms with E-state index in [0.717, 1.165) is 35.5 Å². The number of pyridine rings is 1. The van der Waals surface area contributed by atoms with Gasteiger partial charge < -0.3 is 9.80 Å². The van der Waals surface area contributed by atoms with E-state index in [4.69, 9.17) is 5.10 Å². The van der Waals surface area contributed by atoms with Gasteiger partial charge in [0.25, 0.3) is 5.56 Å². The molecule has 158 valence electrons. The average Bonchev–Trinajstić information content (AvgIpc) is 3.05. The lowest BCUT2D eigenvalue weighted by atomic mass is 10.3. The molecule has 1 N–H and O–H groups in total. The predicted octanol–water partition coefficient (Wildman–Crippen LogP) is 0.290. The summed E-state index contributed by atoms with van der Waals surface area (Å²) in [5, 5.41) is 13.2. The van der Waals surface area contributed by atoms with Gasteiger partial charge in [-0.3, -0.25) is 19.3 Å². The Morgan fingerprint density at radius 3 is 2.65 bits per heavy atom. The summed E-state index contributed by atoms with van der Waals surface area (Å²) >= 11 is 0. The minimum absolute atomic E-state index is 0.317. The number of nitrogens with zero attached hydrogens (tertiary/aromatic N) is 8. The summed E-state index contributed by atoms with van der Waals surface area (Å²) in [6.45, 7) is 2.88. The van der Waals surface area contributed by atoms with E-state index < -0.39 is 5.69 Å². The molecule has 31 heavy (non-hydrogen) atoms. The first-order chi connectivity index (χ1) is 15.1. The van der Waals surface area contributed by atoms with Gasteiger partial charge >= 0.3 is 5.69 Å². The number of hydrogen-bond acceptors (Lipinski definition) is 8. The lowest BCUT2D eigenvalue weighted by molar-refractivity contribution is 0.742. The zero-order valence-electron chi connectivity index (χ0n) is 17.0. The average molecular weight is 419 g/mol. The molecule has 1 aliphatic heterocycles. The van der Waals surface area contributed by atoms with E-state index in [2.05, 4.69) is 25.1 Å². The van der Waals surface area contributed by atoms with Crippen LogP contribution in [0, 0.1) is 0 Å². The molecule has 0 saturated carbocycles. The normalized spacial score (nSPS) is 14.7. The summed E-state index contributed by atoms with van der Waals surface area (Å²) in [6, 6.07) is 9.08. The summed E-state index contributed by atoms with van der Waals surface area (Å²) in [7, 11) is 1.46. The van der Waals surface area contributed by atoms with Crippen molar-refractivity contribution in [3.05, 3.63) is 63.6 Å². The molecule has 5 rings (SSSR count). The Kier molecular flexibility index (Phi) is 4.69. The smallest absolute Gasteiger partial charge is 0.329 e. The number of aromatic amines is 1. The van der Waals surface area contributed by atoms with E-state index in [1.807, 2.05) is 29.2 Å². The van der Waals surface area contributed by atoms with Crippen molar-refractivity contribution in [2.45, 2.75) is 6.42 Å². The zero-order chi connectivity index (χ0) is 21.4. The Morgan fingerprint density at radius 1 is 1.00 bits per heavy atom. The third-order valence-electron chi connectivity index (χ3n) is 5.46. The molecule has 0 aliphatic carbocycles. The lowest BCUT2D eigenvalue weighted by Gasteiger charge is -2.23. The molecule has 1 fully saturated rings. The Hall–Kier alpha value is -4.02. The van der Waals surface area contributed by atoms with Crippen LogP contribution in [0.4, 0.5) is 11.6 Å². The van der Waals surface area contributed by atoms with Crippen molar-refractivity contribution in [1.82, 2.24) is 34.3 Å². The fraction of sp³-hybridized carbons (Fsp3) is 0.300. The monoisotopic (exact) mass is 419 g/mol. The fourth-order valence-electron chi connectivity index (χ4n) is 3.72. The molecule has 4 aromatic rings. The van der Waals surface area contributed by atoms with Crippen LogP contribution in [0.2, 0.25) is 0 Å². The second-order valence-corrected chi connectivity index (χ2v) is 7.41. The van der Waals surface area contributed by atoms with Gasteiger partial charge in [0, 0.05) is 57.3 Å². The van der Waals surface area contributed by atoms with Crippen LogP contribution in [0.15, 0.2) is 52.3 Å². The maximum atomic E-state index is 12.0. The molecule has 11 nitrogen and oxygen atoms in total. The summed E-state index contributed by atoms with van der Waals surface area (Å²) in [6.07, 6.45) is 4.30. The first-order valence-electron chi connectivity index (χ1n) is 10.0. The van der Waals surface area contributed by atoms with Crippen LogP contribution in [0.5, 0.6) is 0 Å². The maximum Gasteiger partial charge on any atom is 0.329 e. The Bertz CT molecular complexity index is 1310. The number of rotatable bonds is 3. The van der Waals surface area contributed by atoms with Crippen LogP contribution in [0.25, 0.3) is 17.0 Å². The summed E-state index contributed by atoms with van der Waals surface area (Å²) in [5.41, 5.74) is 0.779. The third-order valence-corrected chi connectivity index (χ3v) is 5.46. The molecule has 0 atom stereocenters. The SMILES string of the molecule is Cn1c(=O)cc(N2CCCN(c3ccc4nnc(-c5cccnc5)n4n3)CC2)[nH]c1=O. The van der Waals surface area contributed by atoms with Gasteiger partial charge in [-0.2, -0.15) is 4.52 Å². The Balaban J connectivity index is 1.41. The van der Waals surface area contributed by atoms with Crippen molar-refractivity contribution in [2.75, 3.05) is 36.0 Å². The van der Waals surface area contributed by atoms with Gasteiger partial charge in [-0.15, -0.1) is 15.3 Å². The fourth-order valence-corrected chi connectivity index (χ4v) is 3.72. The van der Waals surface area contributed by atoms with E-state index in [0.29, 0.717) is 30.4 Å². The Morgan fingerprint density at radius 2 is 1.84 bits per heavy atom. The van der Waals surface area contributed by atoms with E-state index in [-0.39, 0.29) is 5.56 Å². The van der Waals surface area contributed by atoms with Gasteiger partial charge in [-0.1, -0.05) is 0 Å². The van der Waals surface area contributed by atoms with E-state index >= 15 is 0 Å². The number of aromatic nitrogens is 7. The number of hydrogen-bond donors (Lipinski definition) is 1. The minimum Gasteiger partial charge on any atom is -0.356 e. The third kappa shape index (κ3) is 3.54. The second kappa shape index (κ2) is 7.67. The van der Waals surface area contributed by atoms with Crippen LogP contribution in [-0.2, 0) is 7.05 Å². The zero-order valence-corrected chi connectivity index (χ0v) is 17.0. The first-order valence-corrected chi connectivity index (χ1v) is 10.0. The summed E-state index contributed by atoms with van der Waals surface area (Å²) < 4.78 is 2.79. The van der Waals surface area contributed by atoms with Crippen LogP contribution < -0.4 is 21.0 Å². The van der Waals surface area contributed by atoms with Gasteiger partial charge in [0.15, 0.2) is 11.5 Å². The quantitative estimate of drug-likeness (QED) is 0.504. The van der Waals surface area contributed by atoms with Crippen LogP contribution in [-0.4, -0.2) is 60.5 Å². The molecule has 0 amide bonds. The van der Waals surface area contributed by atoms with Gasteiger partial charge in [-0.25, -0.2) is 4.79 Å². The molecule has 0 aromatic carbocycles. The van der Waals surface area contributed by atoms with Gasteiger partial charge in [-0.05, 0) is 30.7 Å². The van der Waals surface area contributed by atoms with Crippen LogP contribution >= 0.6 is 0 Å². The Labute approximate surface area is 176 Å². The van der Waals surface area contributed by atoms with Crippen molar-refractivity contribution in [3.63, 3.8) is 0 Å². The molecule has 0 bridgehead atoms. The van der Waals surface area contributed by atoms with Crippen molar-refractivity contribution in [2.24, 2.45) is 7.05 Å². The van der Waals surface area contributed by atoms with Crippen molar-refractivity contribution in [3.8, 4) is 11.4 Å². The lowest BCUT2D eigenvalue weighted by Crippen LogP contribution is -2.37. The molecule has 11 heteroatoms. The summed E-state index contributed by atoms with van der Waals surface area (Å²) in [5.74, 6) is 2.01. The van der Waals surface area contributed by atoms with Gasteiger partial charge in [0.1, 0.15) is 11.6 Å². The number of H-pyrrole nitrogens is 1. The first kappa shape index (κ1) is 19.0. The van der Waals surface area contributed by atoms with E-state index in [1.165, 1.54) is 13.1 Å². The number of nitrogens with one attached hydrogen (secondary N) is 1. The summed E-state index contributed by atoms with van der Waals surface area (Å²) in [4.78, 5) is 35.1. The topological polar surface area (TPSA) is 117 Å². The molecule has 5 heterocycles. The highest BCUT2D eigenvalue weighted by atomic mass is 16.2. The second-order valence-electron chi connectivity index (χ2n) is 7.41. The number of anilines is 2. The highest BCUT2D eigenvalue weighted by molar-refractivity contribution is 5.58. The van der Waals surface area contributed by atoms with Crippen LogP contribution in [0.3, 0.4) is 0 Å². The molecule has 1 aliphatic rings. The molecular formula is C20H21N9O2. The van der Waals surface area contributed by atoms with Gasteiger partial charge in [0.05, 0.1) is 0 Å². The van der Waals surface area contributed by atoms with Gasteiger partial charge in [0.2, 0.25) is 0 Å². The molecule has 0 radical (unpaired) electrons. The molecule has 0 unspecified atom stereocenters. The maximum absolute atomic E-state index is 12.0. The van der Waals surface area contributed by atoms with Crippen molar-refractivity contribution >= 4 is 17.3 Å². The minimum atomic E-state index is -0.411. The van der Waals surface area contributed by atoms with Crippen LogP contribution in [0.1, 0.15) is 6.42 Å².